The van der Waals surface area contributed by atoms with Crippen molar-refractivity contribution in [3.63, 3.8) is 0 Å². The van der Waals surface area contributed by atoms with E-state index in [1.54, 1.807) is 0 Å². The van der Waals surface area contributed by atoms with Crippen molar-refractivity contribution >= 4 is 27.3 Å². The van der Waals surface area contributed by atoms with Crippen LogP contribution in [0.3, 0.4) is 0 Å². The number of sulfonamides is 1. The van der Waals surface area contributed by atoms with Gasteiger partial charge in [0.1, 0.15) is 4.90 Å². The van der Waals surface area contributed by atoms with Gasteiger partial charge in [0.2, 0.25) is 10.0 Å². The molecule has 0 heterocycles. The monoisotopic (exact) mass is 309 g/mol. The Morgan fingerprint density at radius 3 is 2.68 bits per heavy atom. The van der Waals surface area contributed by atoms with Crippen LogP contribution < -0.4 is 10.5 Å². The maximum absolute atomic E-state index is 13.7. The highest BCUT2D eigenvalue weighted by Crippen LogP contribution is 2.24. The largest absolute Gasteiger partial charge is 0.396 e. The standard InChI is InChI=1S/C11H17ClFN3O2S/c1-3-16(2)5-4-15-19(17,18)10-7-8(12)6-9(14)11(10)13/h6-7,15H,3-5,14H2,1-2H3. The Bertz CT molecular complexity index is 551. The third kappa shape index (κ3) is 4.31. The van der Waals surface area contributed by atoms with Gasteiger partial charge < -0.3 is 10.6 Å². The highest BCUT2D eigenvalue weighted by molar-refractivity contribution is 7.89. The lowest BCUT2D eigenvalue weighted by Crippen LogP contribution is -2.33. The van der Waals surface area contributed by atoms with Gasteiger partial charge in [0.15, 0.2) is 5.82 Å². The first-order valence-corrected chi connectivity index (χ1v) is 7.56. The van der Waals surface area contributed by atoms with E-state index in [-0.39, 0.29) is 17.3 Å². The van der Waals surface area contributed by atoms with Crippen molar-refractivity contribution in [2.45, 2.75) is 11.8 Å². The number of nitrogens with two attached hydrogens (primary N) is 1. The molecule has 0 atom stereocenters. The Labute approximate surface area is 117 Å². The van der Waals surface area contributed by atoms with Crippen molar-refractivity contribution in [3.8, 4) is 0 Å². The summed E-state index contributed by atoms with van der Waals surface area (Å²) in [5, 5.41) is 0.0740. The van der Waals surface area contributed by atoms with E-state index >= 15 is 0 Å². The minimum Gasteiger partial charge on any atom is -0.396 e. The van der Waals surface area contributed by atoms with Crippen LogP contribution in [0.1, 0.15) is 6.92 Å². The van der Waals surface area contributed by atoms with Crippen LogP contribution in [-0.2, 0) is 10.0 Å². The SMILES string of the molecule is CCN(C)CCNS(=O)(=O)c1cc(Cl)cc(N)c1F. The number of nitrogen functional groups attached to an aromatic ring is 1. The van der Waals surface area contributed by atoms with Gasteiger partial charge in [-0.1, -0.05) is 18.5 Å². The minimum atomic E-state index is -3.96. The molecule has 0 aromatic heterocycles. The number of likely N-dealkylation sites (N-methyl/N-ethyl adjacent to an activating group) is 1. The molecule has 0 saturated heterocycles. The summed E-state index contributed by atoms with van der Waals surface area (Å²) in [6.07, 6.45) is 0. The molecule has 0 spiro atoms. The van der Waals surface area contributed by atoms with Gasteiger partial charge >= 0.3 is 0 Å². The molecule has 1 rings (SSSR count). The average molecular weight is 310 g/mol. The van der Waals surface area contributed by atoms with Crippen LogP contribution in [0.5, 0.6) is 0 Å². The van der Waals surface area contributed by atoms with Gasteiger partial charge in [-0.2, -0.15) is 0 Å². The van der Waals surface area contributed by atoms with Crippen molar-refractivity contribution in [2.75, 3.05) is 32.4 Å². The van der Waals surface area contributed by atoms with Gasteiger partial charge in [-0.3, -0.25) is 0 Å². The first kappa shape index (κ1) is 16.2. The average Bonchev–Trinajstić information content (AvgIpc) is 2.33. The third-order valence-electron chi connectivity index (χ3n) is 2.65. The van der Waals surface area contributed by atoms with Crippen molar-refractivity contribution in [1.82, 2.24) is 9.62 Å². The predicted molar refractivity (Wildman–Crippen MR) is 74.2 cm³/mol. The number of hydrogen-bond acceptors (Lipinski definition) is 4. The van der Waals surface area contributed by atoms with Crippen LogP contribution in [0.4, 0.5) is 10.1 Å². The van der Waals surface area contributed by atoms with E-state index < -0.39 is 20.7 Å². The van der Waals surface area contributed by atoms with Crippen LogP contribution in [0.15, 0.2) is 17.0 Å². The zero-order chi connectivity index (χ0) is 14.6. The molecular weight excluding hydrogens is 293 g/mol. The molecule has 5 nitrogen and oxygen atoms in total. The lowest BCUT2D eigenvalue weighted by molar-refractivity contribution is 0.358. The van der Waals surface area contributed by atoms with Crippen molar-refractivity contribution in [2.24, 2.45) is 0 Å². The fourth-order valence-electron chi connectivity index (χ4n) is 1.39. The lowest BCUT2D eigenvalue weighted by atomic mass is 10.3. The molecule has 0 amide bonds. The minimum absolute atomic E-state index is 0.0740. The number of rotatable bonds is 6. The van der Waals surface area contributed by atoms with Crippen molar-refractivity contribution in [3.05, 3.63) is 23.0 Å². The van der Waals surface area contributed by atoms with Gasteiger partial charge in [0, 0.05) is 18.1 Å². The number of benzene rings is 1. The molecule has 1 aromatic rings. The third-order valence-corrected chi connectivity index (χ3v) is 4.33. The van der Waals surface area contributed by atoms with Gasteiger partial charge in [-0.15, -0.1) is 0 Å². The Morgan fingerprint density at radius 1 is 1.47 bits per heavy atom. The molecule has 8 heteroatoms. The summed E-state index contributed by atoms with van der Waals surface area (Å²) in [6, 6.07) is 2.21. The summed E-state index contributed by atoms with van der Waals surface area (Å²) >= 11 is 5.69. The summed E-state index contributed by atoms with van der Waals surface area (Å²) in [5.74, 6) is -0.985. The zero-order valence-corrected chi connectivity index (χ0v) is 12.4. The molecule has 0 fully saturated rings. The van der Waals surface area contributed by atoms with Gasteiger partial charge in [0.05, 0.1) is 5.69 Å². The molecule has 0 saturated carbocycles. The number of anilines is 1. The second-order valence-electron chi connectivity index (χ2n) is 4.10. The van der Waals surface area contributed by atoms with Crippen molar-refractivity contribution < 1.29 is 12.8 Å². The highest BCUT2D eigenvalue weighted by Gasteiger charge is 2.21. The molecule has 108 valence electrons. The smallest absolute Gasteiger partial charge is 0.243 e. The summed E-state index contributed by atoms with van der Waals surface area (Å²) < 4.78 is 39.9. The van der Waals surface area contributed by atoms with E-state index in [1.165, 1.54) is 6.07 Å². The Kier molecular flexibility index (Phi) is 5.54. The first-order chi connectivity index (χ1) is 8.77. The van der Waals surface area contributed by atoms with Crippen LogP contribution in [0, 0.1) is 5.82 Å². The summed E-state index contributed by atoms with van der Waals surface area (Å²) in [4.78, 5) is 1.39. The molecule has 0 aliphatic rings. The summed E-state index contributed by atoms with van der Waals surface area (Å²) in [6.45, 7) is 3.44. The van der Waals surface area contributed by atoms with E-state index in [0.717, 1.165) is 12.6 Å². The maximum Gasteiger partial charge on any atom is 0.243 e. The molecular formula is C11H17ClFN3O2S. The molecule has 0 aliphatic carbocycles. The molecule has 0 bridgehead atoms. The number of nitrogens with one attached hydrogen (secondary N) is 1. The number of halogens is 2. The van der Waals surface area contributed by atoms with Gasteiger partial charge in [-0.25, -0.2) is 17.5 Å². The molecule has 0 aliphatic heterocycles. The lowest BCUT2D eigenvalue weighted by Gasteiger charge is -2.14. The normalized spacial score (nSPS) is 12.1. The summed E-state index contributed by atoms with van der Waals surface area (Å²) in [7, 11) is -2.10. The van der Waals surface area contributed by atoms with Crippen LogP contribution in [-0.4, -0.2) is 40.0 Å². The zero-order valence-electron chi connectivity index (χ0n) is 10.8. The van der Waals surface area contributed by atoms with Gasteiger partial charge in [0.25, 0.3) is 0 Å². The molecule has 3 N–H and O–H groups in total. The van der Waals surface area contributed by atoms with Crippen molar-refractivity contribution in [1.29, 1.82) is 0 Å². The summed E-state index contributed by atoms with van der Waals surface area (Å²) in [5.41, 5.74) is 5.06. The Balaban J connectivity index is 2.89. The van der Waals surface area contributed by atoms with E-state index in [0.29, 0.717) is 6.54 Å². The highest BCUT2D eigenvalue weighted by atomic mass is 35.5. The van der Waals surface area contributed by atoms with E-state index in [1.807, 2.05) is 18.9 Å². The molecule has 19 heavy (non-hydrogen) atoms. The molecule has 0 radical (unpaired) electrons. The van der Waals surface area contributed by atoms with E-state index in [2.05, 4.69) is 4.72 Å². The van der Waals surface area contributed by atoms with Gasteiger partial charge in [-0.05, 0) is 25.7 Å². The van der Waals surface area contributed by atoms with E-state index in [4.69, 9.17) is 17.3 Å². The first-order valence-electron chi connectivity index (χ1n) is 5.70. The predicted octanol–water partition coefficient (Wildman–Crippen LogP) is 1.29. The Morgan fingerprint density at radius 2 is 2.11 bits per heavy atom. The van der Waals surface area contributed by atoms with Crippen LogP contribution in [0.2, 0.25) is 5.02 Å². The van der Waals surface area contributed by atoms with E-state index in [9.17, 15) is 12.8 Å². The fourth-order valence-corrected chi connectivity index (χ4v) is 2.83. The second kappa shape index (κ2) is 6.51. The number of nitrogens with zero attached hydrogens (tertiary/aromatic N) is 1. The maximum atomic E-state index is 13.7. The Hall–Kier alpha value is -0.890. The molecule has 1 aromatic carbocycles. The quantitative estimate of drug-likeness (QED) is 0.777. The second-order valence-corrected chi connectivity index (χ2v) is 6.27. The number of hydrogen-bond donors (Lipinski definition) is 2. The van der Waals surface area contributed by atoms with Crippen LogP contribution in [0.25, 0.3) is 0 Å². The fraction of sp³-hybridized carbons (Fsp3) is 0.455. The topological polar surface area (TPSA) is 75.4 Å². The molecule has 0 unspecified atom stereocenters. The van der Waals surface area contributed by atoms with Crippen LogP contribution >= 0.6 is 11.6 Å².